The van der Waals surface area contributed by atoms with E-state index in [1.165, 1.54) is 6.92 Å². The molecule has 0 saturated heterocycles. The molecule has 0 aromatic rings. The number of alkyl halides is 2. The van der Waals surface area contributed by atoms with Gasteiger partial charge in [-0.1, -0.05) is 32.6 Å². The zero-order valence-corrected chi connectivity index (χ0v) is 10.8. The van der Waals surface area contributed by atoms with Gasteiger partial charge in [0.25, 0.3) is 0 Å². The van der Waals surface area contributed by atoms with Gasteiger partial charge in [-0.2, -0.15) is 8.78 Å². The summed E-state index contributed by atoms with van der Waals surface area (Å²) in [5, 5.41) is 9.69. The van der Waals surface area contributed by atoms with Gasteiger partial charge in [0.15, 0.2) is 0 Å². The van der Waals surface area contributed by atoms with E-state index in [9.17, 15) is 18.7 Å². The lowest BCUT2D eigenvalue weighted by Gasteiger charge is -2.30. The molecule has 0 aliphatic carbocycles. The molecular weight excluding hydrogens is 230 g/mol. The topological polar surface area (TPSA) is 46.5 Å². The molecule has 1 atom stereocenters. The molecule has 0 aliphatic heterocycles. The maximum absolute atomic E-state index is 13.6. The number of esters is 1. The van der Waals surface area contributed by atoms with Gasteiger partial charge < -0.3 is 9.84 Å². The molecular formula is C12H22F2O3. The number of rotatable bonds is 8. The van der Waals surface area contributed by atoms with E-state index in [4.69, 9.17) is 0 Å². The summed E-state index contributed by atoms with van der Waals surface area (Å²) in [6, 6.07) is 0. The van der Waals surface area contributed by atoms with E-state index in [1.807, 2.05) is 6.92 Å². The van der Waals surface area contributed by atoms with Crippen molar-refractivity contribution in [2.45, 2.75) is 64.4 Å². The number of carbonyl (C=O) groups is 1. The first kappa shape index (κ1) is 16.3. The van der Waals surface area contributed by atoms with Crippen molar-refractivity contribution in [3.63, 3.8) is 0 Å². The molecule has 0 heterocycles. The van der Waals surface area contributed by atoms with Gasteiger partial charge in [0.1, 0.15) is 5.60 Å². The monoisotopic (exact) mass is 252 g/mol. The van der Waals surface area contributed by atoms with E-state index in [0.717, 1.165) is 26.2 Å². The molecule has 0 amide bonds. The third-order valence-corrected chi connectivity index (χ3v) is 2.73. The highest BCUT2D eigenvalue weighted by Crippen LogP contribution is 2.34. The van der Waals surface area contributed by atoms with Crippen LogP contribution < -0.4 is 0 Å². The maximum Gasteiger partial charge on any atom is 0.380 e. The van der Waals surface area contributed by atoms with Crippen LogP contribution in [-0.2, 0) is 9.53 Å². The van der Waals surface area contributed by atoms with Gasteiger partial charge in [-0.05, 0) is 20.3 Å². The average molecular weight is 252 g/mol. The first-order chi connectivity index (χ1) is 7.79. The minimum absolute atomic E-state index is 0.112. The van der Waals surface area contributed by atoms with Crippen LogP contribution in [0.4, 0.5) is 8.78 Å². The summed E-state index contributed by atoms with van der Waals surface area (Å²) in [5.41, 5.74) is -2.34. The van der Waals surface area contributed by atoms with Crippen molar-refractivity contribution in [1.29, 1.82) is 0 Å². The zero-order valence-electron chi connectivity index (χ0n) is 10.8. The molecule has 0 fully saturated rings. The Balaban J connectivity index is 4.39. The molecule has 0 aliphatic rings. The lowest BCUT2D eigenvalue weighted by molar-refractivity contribution is -0.210. The highest BCUT2D eigenvalue weighted by molar-refractivity contribution is 5.79. The molecule has 0 aromatic heterocycles. The summed E-state index contributed by atoms with van der Waals surface area (Å²) in [5.74, 6) is -5.50. The second kappa shape index (κ2) is 6.89. The Kier molecular flexibility index (Phi) is 6.60. The van der Waals surface area contributed by atoms with Crippen LogP contribution in [0.5, 0.6) is 0 Å². The number of aliphatic hydroxyl groups is 1. The summed E-state index contributed by atoms with van der Waals surface area (Å²) in [6.07, 6.45) is 3.04. The van der Waals surface area contributed by atoms with Crippen LogP contribution >= 0.6 is 0 Å². The summed E-state index contributed by atoms with van der Waals surface area (Å²) in [7, 11) is 0. The molecule has 0 radical (unpaired) electrons. The molecule has 0 spiro atoms. The summed E-state index contributed by atoms with van der Waals surface area (Å²) < 4.78 is 31.4. The molecule has 0 rings (SSSR count). The molecule has 0 bridgehead atoms. The lowest BCUT2D eigenvalue weighted by atomic mass is 9.91. The van der Waals surface area contributed by atoms with Crippen LogP contribution in [0.1, 0.15) is 52.9 Å². The average Bonchev–Trinajstić information content (AvgIpc) is 2.24. The van der Waals surface area contributed by atoms with Gasteiger partial charge in [0.2, 0.25) is 0 Å². The molecule has 102 valence electrons. The fourth-order valence-corrected chi connectivity index (χ4v) is 1.49. The third kappa shape index (κ3) is 4.58. The van der Waals surface area contributed by atoms with E-state index in [-0.39, 0.29) is 13.0 Å². The maximum atomic E-state index is 13.6. The van der Waals surface area contributed by atoms with E-state index in [2.05, 4.69) is 4.74 Å². The predicted molar refractivity (Wildman–Crippen MR) is 61.0 cm³/mol. The first-order valence-corrected chi connectivity index (χ1v) is 6.07. The summed E-state index contributed by atoms with van der Waals surface area (Å²) >= 11 is 0. The van der Waals surface area contributed by atoms with Crippen molar-refractivity contribution in [1.82, 2.24) is 0 Å². The van der Waals surface area contributed by atoms with Crippen LogP contribution in [0.15, 0.2) is 0 Å². The second-order valence-electron chi connectivity index (χ2n) is 4.38. The highest BCUT2D eigenvalue weighted by atomic mass is 19.3. The summed E-state index contributed by atoms with van der Waals surface area (Å²) in [4.78, 5) is 11.1. The molecule has 17 heavy (non-hydrogen) atoms. The van der Waals surface area contributed by atoms with Crippen LogP contribution in [0.3, 0.4) is 0 Å². The van der Waals surface area contributed by atoms with Crippen molar-refractivity contribution in [2.24, 2.45) is 0 Å². The van der Waals surface area contributed by atoms with Gasteiger partial charge >= 0.3 is 11.9 Å². The smallest absolute Gasteiger partial charge is 0.380 e. The highest BCUT2D eigenvalue weighted by Gasteiger charge is 2.56. The van der Waals surface area contributed by atoms with Crippen molar-refractivity contribution < 1.29 is 23.4 Å². The SMILES string of the molecule is CCCCCCC(C)(O)C(F)(F)C(=O)OCC. The third-order valence-electron chi connectivity index (χ3n) is 2.73. The Morgan fingerprint density at radius 3 is 2.29 bits per heavy atom. The minimum Gasteiger partial charge on any atom is -0.461 e. The van der Waals surface area contributed by atoms with Crippen LogP contribution in [0.25, 0.3) is 0 Å². The molecule has 0 aromatic carbocycles. The van der Waals surface area contributed by atoms with E-state index in [0.29, 0.717) is 6.42 Å². The molecule has 3 nitrogen and oxygen atoms in total. The molecule has 1 N–H and O–H groups in total. The zero-order chi connectivity index (χ0) is 13.5. The second-order valence-corrected chi connectivity index (χ2v) is 4.38. The normalized spacial score (nSPS) is 15.4. The standard InChI is InChI=1S/C12H22F2O3/c1-4-6-7-8-9-11(3,16)12(13,14)10(15)17-5-2/h16H,4-9H2,1-3H3. The fourth-order valence-electron chi connectivity index (χ4n) is 1.49. The number of unbranched alkanes of at least 4 members (excludes halogenated alkanes) is 3. The van der Waals surface area contributed by atoms with Crippen molar-refractivity contribution in [3.05, 3.63) is 0 Å². The summed E-state index contributed by atoms with van der Waals surface area (Å²) in [6.45, 7) is 4.31. The largest absolute Gasteiger partial charge is 0.461 e. The Labute approximate surface area is 101 Å². The Morgan fingerprint density at radius 2 is 1.82 bits per heavy atom. The number of carbonyl (C=O) groups excluding carboxylic acids is 1. The van der Waals surface area contributed by atoms with Crippen molar-refractivity contribution in [3.8, 4) is 0 Å². The predicted octanol–water partition coefficient (Wildman–Crippen LogP) is 2.91. The number of hydrogen-bond acceptors (Lipinski definition) is 3. The molecule has 1 unspecified atom stereocenters. The van der Waals surface area contributed by atoms with Gasteiger partial charge in [0, 0.05) is 0 Å². The van der Waals surface area contributed by atoms with Gasteiger partial charge in [0.05, 0.1) is 6.61 Å². The Hall–Kier alpha value is -0.710. The van der Waals surface area contributed by atoms with Gasteiger partial charge in [-0.15, -0.1) is 0 Å². The number of ether oxygens (including phenoxy) is 1. The van der Waals surface area contributed by atoms with Gasteiger partial charge in [-0.25, -0.2) is 4.79 Å². The van der Waals surface area contributed by atoms with Crippen LogP contribution in [-0.4, -0.2) is 29.2 Å². The van der Waals surface area contributed by atoms with Crippen LogP contribution in [0.2, 0.25) is 0 Å². The lowest BCUT2D eigenvalue weighted by Crippen LogP contribution is -2.52. The van der Waals surface area contributed by atoms with E-state index < -0.39 is 17.5 Å². The van der Waals surface area contributed by atoms with E-state index >= 15 is 0 Å². The van der Waals surface area contributed by atoms with Crippen molar-refractivity contribution in [2.75, 3.05) is 6.61 Å². The van der Waals surface area contributed by atoms with E-state index in [1.54, 1.807) is 0 Å². The van der Waals surface area contributed by atoms with Gasteiger partial charge in [-0.3, -0.25) is 0 Å². The molecule has 0 saturated carbocycles. The van der Waals surface area contributed by atoms with Crippen molar-refractivity contribution >= 4 is 5.97 Å². The minimum atomic E-state index is -3.85. The number of halogens is 2. The first-order valence-electron chi connectivity index (χ1n) is 6.07. The molecule has 5 heteroatoms. The quantitative estimate of drug-likeness (QED) is 0.533. The van der Waals surface area contributed by atoms with Crippen LogP contribution in [0, 0.1) is 0 Å². The Bertz CT molecular complexity index is 240. The number of hydrogen-bond donors (Lipinski definition) is 1. The Morgan fingerprint density at radius 1 is 1.24 bits per heavy atom. The fraction of sp³-hybridized carbons (Fsp3) is 0.917.